The fraction of sp³-hybridized carbons (Fsp3) is 0.0800. The quantitative estimate of drug-likeness (QED) is 0.413. The van der Waals surface area contributed by atoms with Crippen molar-refractivity contribution in [3.63, 3.8) is 0 Å². The van der Waals surface area contributed by atoms with Crippen LogP contribution >= 0.6 is 0 Å². The fourth-order valence-corrected chi connectivity index (χ4v) is 3.80. The summed E-state index contributed by atoms with van der Waals surface area (Å²) in [4.78, 5) is 18.1. The number of hydrogen-bond acceptors (Lipinski definition) is 4. The number of carbonyl (C=O) groups excluding carboxylic acids is 1. The predicted octanol–water partition coefficient (Wildman–Crippen LogP) is 5.50. The molecule has 2 aromatic heterocycles. The molecule has 0 bridgehead atoms. The molecule has 0 saturated heterocycles. The van der Waals surface area contributed by atoms with Gasteiger partial charge in [-0.1, -0.05) is 54.6 Å². The molecule has 1 amide bonds. The third-order valence-corrected chi connectivity index (χ3v) is 5.20. The second-order valence-electron chi connectivity index (χ2n) is 7.47. The van der Waals surface area contributed by atoms with Gasteiger partial charge in [0.25, 0.3) is 5.91 Å². The van der Waals surface area contributed by atoms with Crippen molar-refractivity contribution in [1.82, 2.24) is 14.6 Å². The number of benzene rings is 3. The van der Waals surface area contributed by atoms with E-state index in [0.29, 0.717) is 17.0 Å². The molecule has 6 nitrogen and oxygen atoms in total. The smallest absolute Gasteiger partial charge is 0.263 e. The van der Waals surface area contributed by atoms with E-state index in [1.807, 2.05) is 92.7 Å². The van der Waals surface area contributed by atoms with Crippen LogP contribution < -0.4 is 10.6 Å². The first-order valence-electron chi connectivity index (χ1n) is 10.1. The maximum atomic E-state index is 13.5. The molecule has 0 saturated carbocycles. The summed E-state index contributed by atoms with van der Waals surface area (Å²) < 4.78 is 1.70. The van der Waals surface area contributed by atoms with E-state index in [1.54, 1.807) is 4.52 Å². The molecule has 3 aromatic carbocycles. The molecule has 2 heterocycles. The van der Waals surface area contributed by atoms with Crippen LogP contribution in [0, 0.1) is 13.8 Å². The fourth-order valence-electron chi connectivity index (χ4n) is 3.80. The second kappa shape index (κ2) is 7.57. The van der Waals surface area contributed by atoms with Gasteiger partial charge in [0.15, 0.2) is 11.5 Å². The van der Waals surface area contributed by atoms with E-state index in [0.717, 1.165) is 33.5 Å². The Morgan fingerprint density at radius 1 is 0.903 bits per heavy atom. The number of fused-ring (bicyclic) bond motifs is 2. The standard InChI is InChI=1S/C25H21N5O/c1-16-15-17(2)30-24(26-16)22(23(29-30)27-19-11-4-3-5-12-19)25(31)28-21-14-8-10-18-9-6-7-13-20(18)21/h3-15H,1-2H3,(H,27,29)(H,28,31). The highest BCUT2D eigenvalue weighted by Crippen LogP contribution is 2.28. The summed E-state index contributed by atoms with van der Waals surface area (Å²) >= 11 is 0. The highest BCUT2D eigenvalue weighted by molar-refractivity contribution is 6.14. The number of amides is 1. The van der Waals surface area contributed by atoms with Gasteiger partial charge in [0.2, 0.25) is 0 Å². The van der Waals surface area contributed by atoms with Crippen LogP contribution in [0.1, 0.15) is 21.7 Å². The normalized spacial score (nSPS) is 11.0. The van der Waals surface area contributed by atoms with Crippen molar-refractivity contribution in [2.24, 2.45) is 0 Å². The largest absolute Gasteiger partial charge is 0.338 e. The minimum absolute atomic E-state index is 0.262. The zero-order valence-corrected chi connectivity index (χ0v) is 17.3. The van der Waals surface area contributed by atoms with Crippen LogP contribution in [-0.2, 0) is 0 Å². The van der Waals surface area contributed by atoms with Crippen LogP contribution in [0.2, 0.25) is 0 Å². The molecule has 0 unspecified atom stereocenters. The summed E-state index contributed by atoms with van der Waals surface area (Å²) in [5.74, 6) is 0.201. The number of aromatic nitrogens is 3. The number of nitrogens with zero attached hydrogens (tertiary/aromatic N) is 3. The van der Waals surface area contributed by atoms with E-state index in [4.69, 9.17) is 0 Å². The lowest BCUT2D eigenvalue weighted by Gasteiger charge is -2.10. The summed E-state index contributed by atoms with van der Waals surface area (Å²) in [6.07, 6.45) is 0. The second-order valence-corrected chi connectivity index (χ2v) is 7.47. The van der Waals surface area contributed by atoms with Crippen LogP contribution in [0.25, 0.3) is 16.4 Å². The number of anilines is 3. The minimum atomic E-state index is -0.262. The van der Waals surface area contributed by atoms with E-state index >= 15 is 0 Å². The molecule has 0 aliphatic carbocycles. The van der Waals surface area contributed by atoms with Crippen LogP contribution in [0.4, 0.5) is 17.2 Å². The maximum absolute atomic E-state index is 13.5. The molecule has 0 atom stereocenters. The van der Waals surface area contributed by atoms with Gasteiger partial charge in [-0.15, -0.1) is 5.10 Å². The van der Waals surface area contributed by atoms with Crippen molar-refractivity contribution in [2.75, 3.05) is 10.6 Å². The van der Waals surface area contributed by atoms with Crippen LogP contribution in [0.3, 0.4) is 0 Å². The molecule has 0 aliphatic heterocycles. The summed E-state index contributed by atoms with van der Waals surface area (Å²) in [5.41, 5.74) is 4.26. The maximum Gasteiger partial charge on any atom is 0.263 e. The summed E-state index contributed by atoms with van der Waals surface area (Å²) in [6, 6.07) is 25.4. The number of hydrogen-bond donors (Lipinski definition) is 2. The molecule has 6 heteroatoms. The van der Waals surface area contributed by atoms with Crippen LogP contribution in [0.5, 0.6) is 0 Å². The Balaban J connectivity index is 1.63. The van der Waals surface area contributed by atoms with Gasteiger partial charge < -0.3 is 10.6 Å². The monoisotopic (exact) mass is 407 g/mol. The van der Waals surface area contributed by atoms with Gasteiger partial charge in [0, 0.05) is 28.1 Å². The molecule has 31 heavy (non-hydrogen) atoms. The lowest BCUT2D eigenvalue weighted by molar-refractivity contribution is 0.102. The van der Waals surface area contributed by atoms with Crippen molar-refractivity contribution in [1.29, 1.82) is 0 Å². The molecule has 0 spiro atoms. The average molecular weight is 407 g/mol. The average Bonchev–Trinajstić information content (AvgIpc) is 3.13. The number of para-hydroxylation sites is 1. The van der Waals surface area contributed by atoms with Gasteiger partial charge in [-0.3, -0.25) is 4.79 Å². The Hall–Kier alpha value is -4.19. The number of carbonyl (C=O) groups is 1. The highest BCUT2D eigenvalue weighted by atomic mass is 16.1. The lowest BCUT2D eigenvalue weighted by atomic mass is 10.1. The number of nitrogens with one attached hydrogen (secondary N) is 2. The molecule has 0 fully saturated rings. The van der Waals surface area contributed by atoms with Crippen molar-refractivity contribution in [3.8, 4) is 0 Å². The molecule has 0 aliphatic rings. The van der Waals surface area contributed by atoms with Gasteiger partial charge in [-0.05, 0) is 43.5 Å². The van der Waals surface area contributed by atoms with Crippen molar-refractivity contribution in [3.05, 3.63) is 95.8 Å². The first-order valence-corrected chi connectivity index (χ1v) is 10.1. The van der Waals surface area contributed by atoms with Crippen molar-refractivity contribution in [2.45, 2.75) is 13.8 Å². The van der Waals surface area contributed by atoms with Crippen LogP contribution in [-0.4, -0.2) is 20.5 Å². The Labute approximate surface area is 179 Å². The molecular formula is C25H21N5O. The van der Waals surface area contributed by atoms with E-state index in [9.17, 15) is 4.79 Å². The predicted molar refractivity (Wildman–Crippen MR) is 124 cm³/mol. The van der Waals surface area contributed by atoms with Crippen molar-refractivity contribution >= 4 is 39.5 Å². The summed E-state index contributed by atoms with van der Waals surface area (Å²) in [6.45, 7) is 3.87. The lowest BCUT2D eigenvalue weighted by Crippen LogP contribution is -2.14. The zero-order chi connectivity index (χ0) is 21.4. The molecule has 2 N–H and O–H groups in total. The Morgan fingerprint density at radius 2 is 1.65 bits per heavy atom. The van der Waals surface area contributed by atoms with Gasteiger partial charge in [-0.25, -0.2) is 9.50 Å². The van der Waals surface area contributed by atoms with Gasteiger partial charge in [-0.2, -0.15) is 0 Å². The molecule has 5 aromatic rings. The Bertz CT molecular complexity index is 1420. The van der Waals surface area contributed by atoms with Gasteiger partial charge in [0.1, 0.15) is 5.56 Å². The first kappa shape index (κ1) is 18.8. The molecule has 0 radical (unpaired) electrons. The van der Waals surface area contributed by atoms with Crippen molar-refractivity contribution < 1.29 is 4.79 Å². The van der Waals surface area contributed by atoms with E-state index in [2.05, 4.69) is 20.7 Å². The van der Waals surface area contributed by atoms with E-state index in [-0.39, 0.29) is 5.91 Å². The molecular weight excluding hydrogens is 386 g/mol. The summed E-state index contributed by atoms with van der Waals surface area (Å²) in [7, 11) is 0. The summed E-state index contributed by atoms with van der Waals surface area (Å²) in [5, 5.41) is 13.0. The number of aryl methyl sites for hydroxylation is 2. The molecule has 5 rings (SSSR count). The Kier molecular flexibility index (Phi) is 4.59. The zero-order valence-electron chi connectivity index (χ0n) is 17.3. The Morgan fingerprint density at radius 3 is 2.48 bits per heavy atom. The van der Waals surface area contributed by atoms with Gasteiger partial charge in [0.05, 0.1) is 0 Å². The first-order chi connectivity index (χ1) is 15.1. The van der Waals surface area contributed by atoms with Gasteiger partial charge >= 0.3 is 0 Å². The highest BCUT2D eigenvalue weighted by Gasteiger charge is 2.23. The number of rotatable bonds is 4. The SMILES string of the molecule is Cc1cc(C)n2nc(Nc3ccccc3)c(C(=O)Nc3cccc4ccccc34)c2n1. The third kappa shape index (κ3) is 3.48. The molecule has 152 valence electrons. The third-order valence-electron chi connectivity index (χ3n) is 5.20. The minimum Gasteiger partial charge on any atom is -0.338 e. The van der Waals surface area contributed by atoms with Crippen LogP contribution in [0.15, 0.2) is 78.9 Å². The topological polar surface area (TPSA) is 71.3 Å². The van der Waals surface area contributed by atoms with E-state index < -0.39 is 0 Å². The van der Waals surface area contributed by atoms with E-state index in [1.165, 1.54) is 0 Å².